The molecule has 0 saturated heterocycles. The van der Waals surface area contributed by atoms with Gasteiger partial charge in [0.1, 0.15) is 0 Å². The fraction of sp³-hybridized carbons (Fsp3) is 0.364. The second-order valence-corrected chi connectivity index (χ2v) is 4.65. The van der Waals surface area contributed by atoms with Crippen molar-refractivity contribution in [1.82, 2.24) is 0 Å². The van der Waals surface area contributed by atoms with Crippen LogP contribution in [0.5, 0.6) is 0 Å². The van der Waals surface area contributed by atoms with E-state index < -0.39 is 63.9 Å². The van der Waals surface area contributed by atoms with Crippen LogP contribution in [0, 0.1) is 23.3 Å². The van der Waals surface area contributed by atoms with E-state index >= 15 is 0 Å². The molecule has 0 amide bonds. The average molecular weight is 376 g/mol. The second kappa shape index (κ2) is 4.57. The number of hydrogen-bond donors (Lipinski definition) is 0. The number of carbonyl (C=O) groups excluding carboxylic acids is 1. The molecule has 0 aromatic heterocycles. The monoisotopic (exact) mass is 376 g/mol. The molecule has 0 spiro atoms. The molecule has 1 nitrogen and oxygen atoms in total. The topological polar surface area (TPSA) is 17.1 Å². The normalized spacial score (nSPS) is 21.6. The first-order valence-corrected chi connectivity index (χ1v) is 5.47. The Kier molecular flexibility index (Phi) is 3.50. The predicted molar refractivity (Wildman–Crippen MR) is 49.3 cm³/mol. The van der Waals surface area contributed by atoms with Crippen molar-refractivity contribution in [3.8, 4) is 0 Å². The molecule has 0 heterocycles. The number of rotatable bonds is 1. The third-order valence-corrected chi connectivity index (χ3v) is 3.46. The lowest BCUT2D eigenvalue weighted by Gasteiger charge is -2.47. The van der Waals surface area contributed by atoms with Gasteiger partial charge in [-0.3, -0.25) is 4.79 Å². The molecule has 13 heteroatoms. The zero-order valence-corrected chi connectivity index (χ0v) is 10.4. The lowest BCUT2D eigenvalue weighted by Crippen LogP contribution is -2.71. The third-order valence-electron chi connectivity index (χ3n) is 3.46. The number of Topliss-reactive ketones (excluding diaryl/α,β-unsaturated/α-hetero) is 1. The summed E-state index contributed by atoms with van der Waals surface area (Å²) in [6, 6.07) is 0. The summed E-state index contributed by atoms with van der Waals surface area (Å²) in [5.41, 5.74) is -11.2. The Morgan fingerprint density at radius 1 is 0.667 bits per heavy atom. The fourth-order valence-corrected chi connectivity index (χ4v) is 2.40. The van der Waals surface area contributed by atoms with Gasteiger partial charge in [0.15, 0.2) is 29.1 Å². The predicted octanol–water partition coefficient (Wildman–Crippen LogP) is 4.44. The molecule has 24 heavy (non-hydrogen) atoms. The molecule has 0 fully saturated rings. The molecule has 1 aliphatic rings. The lowest BCUT2D eigenvalue weighted by molar-refractivity contribution is -0.347. The first-order valence-electron chi connectivity index (χ1n) is 5.47. The van der Waals surface area contributed by atoms with Crippen molar-refractivity contribution in [3.05, 3.63) is 34.4 Å². The molecule has 0 bridgehead atoms. The maximum Gasteiger partial charge on any atom is 0.455 e. The summed E-state index contributed by atoms with van der Waals surface area (Å²) >= 11 is 0. The van der Waals surface area contributed by atoms with Crippen molar-refractivity contribution in [3.63, 3.8) is 0 Å². The molecule has 0 N–H and O–H groups in total. The van der Waals surface area contributed by atoms with Crippen molar-refractivity contribution in [2.24, 2.45) is 0 Å². The molecular formula is C11F12O. The first-order chi connectivity index (χ1) is 10.5. The van der Waals surface area contributed by atoms with Crippen LogP contribution >= 0.6 is 0 Å². The molecule has 2 rings (SSSR count). The van der Waals surface area contributed by atoms with Gasteiger partial charge < -0.3 is 0 Å². The highest BCUT2D eigenvalue weighted by Gasteiger charge is 2.88. The number of benzene rings is 1. The SMILES string of the molecule is O=C1c2c(F)c(F)c(F)c(F)c2C1(C(F)(F)F)C(F)(F)C(F)(F)F. The molecule has 1 atom stereocenters. The molecule has 1 aromatic rings. The van der Waals surface area contributed by atoms with Gasteiger partial charge >= 0.3 is 18.3 Å². The summed E-state index contributed by atoms with van der Waals surface area (Å²) in [7, 11) is 0. The zero-order valence-electron chi connectivity index (χ0n) is 10.4. The van der Waals surface area contributed by atoms with Gasteiger partial charge in [0.05, 0.1) is 5.56 Å². The summed E-state index contributed by atoms with van der Waals surface area (Å²) in [4.78, 5) is 11.4. The van der Waals surface area contributed by atoms with E-state index in [9.17, 15) is 57.5 Å². The van der Waals surface area contributed by atoms with Crippen LogP contribution < -0.4 is 0 Å². The largest absolute Gasteiger partial charge is 0.455 e. The van der Waals surface area contributed by atoms with Crippen LogP contribution in [0.4, 0.5) is 52.7 Å². The number of hydrogen-bond acceptors (Lipinski definition) is 1. The molecular weight excluding hydrogens is 376 g/mol. The minimum absolute atomic E-state index is 2.35. The van der Waals surface area contributed by atoms with Crippen LogP contribution in [0.15, 0.2) is 0 Å². The van der Waals surface area contributed by atoms with Gasteiger partial charge in [0, 0.05) is 5.56 Å². The van der Waals surface area contributed by atoms with E-state index in [2.05, 4.69) is 0 Å². The minimum atomic E-state index is -7.04. The highest BCUT2D eigenvalue weighted by molar-refractivity contribution is 6.15. The minimum Gasteiger partial charge on any atom is -0.292 e. The molecule has 0 saturated carbocycles. The highest BCUT2D eigenvalue weighted by Crippen LogP contribution is 2.64. The van der Waals surface area contributed by atoms with Crippen molar-refractivity contribution >= 4 is 5.78 Å². The number of halogens is 12. The number of ketones is 1. The summed E-state index contributed by atoms with van der Waals surface area (Å²) in [5, 5.41) is 0. The summed E-state index contributed by atoms with van der Waals surface area (Å²) < 4.78 is 155. The number of carbonyl (C=O) groups is 1. The van der Waals surface area contributed by atoms with E-state index in [0.29, 0.717) is 0 Å². The highest BCUT2D eigenvalue weighted by atomic mass is 19.4. The van der Waals surface area contributed by atoms with E-state index in [1.165, 1.54) is 0 Å². The van der Waals surface area contributed by atoms with Gasteiger partial charge in [-0.15, -0.1) is 0 Å². The summed E-state index contributed by atoms with van der Waals surface area (Å²) in [5.74, 6) is -22.1. The fourth-order valence-electron chi connectivity index (χ4n) is 2.40. The number of fused-ring (bicyclic) bond motifs is 1. The van der Waals surface area contributed by atoms with Crippen LogP contribution in [-0.4, -0.2) is 24.1 Å². The average Bonchev–Trinajstić information content (AvgIpc) is 2.37. The Balaban J connectivity index is 3.02. The van der Waals surface area contributed by atoms with Crippen LogP contribution in [0.2, 0.25) is 0 Å². The Bertz CT molecular complexity index is 743. The maximum atomic E-state index is 13.5. The summed E-state index contributed by atoms with van der Waals surface area (Å²) in [6.45, 7) is 0. The summed E-state index contributed by atoms with van der Waals surface area (Å²) in [6.07, 6.45) is -13.8. The molecule has 1 aromatic carbocycles. The second-order valence-electron chi connectivity index (χ2n) is 4.65. The van der Waals surface area contributed by atoms with Gasteiger partial charge in [-0.25, -0.2) is 17.6 Å². The van der Waals surface area contributed by atoms with Crippen molar-refractivity contribution < 1.29 is 57.5 Å². The first kappa shape index (κ1) is 18.4. The van der Waals surface area contributed by atoms with Gasteiger partial charge in [0.25, 0.3) is 0 Å². The quantitative estimate of drug-likeness (QED) is 0.403. The Morgan fingerprint density at radius 2 is 1.08 bits per heavy atom. The van der Waals surface area contributed by atoms with E-state index in [1.54, 1.807) is 0 Å². The van der Waals surface area contributed by atoms with E-state index in [0.717, 1.165) is 0 Å². The smallest absolute Gasteiger partial charge is 0.292 e. The maximum absolute atomic E-state index is 13.5. The molecule has 0 aliphatic heterocycles. The molecule has 1 aliphatic carbocycles. The molecule has 0 radical (unpaired) electrons. The van der Waals surface area contributed by atoms with Gasteiger partial charge in [-0.2, -0.15) is 35.1 Å². The van der Waals surface area contributed by atoms with Crippen LogP contribution in [0.25, 0.3) is 0 Å². The van der Waals surface area contributed by atoms with Gasteiger partial charge in [-0.1, -0.05) is 0 Å². The zero-order chi connectivity index (χ0) is 19.0. The molecule has 134 valence electrons. The lowest BCUT2D eigenvalue weighted by atomic mass is 9.57. The van der Waals surface area contributed by atoms with E-state index in [1.807, 2.05) is 0 Å². The number of alkyl halides is 8. The Labute approximate surface area is 122 Å². The van der Waals surface area contributed by atoms with E-state index in [4.69, 9.17) is 0 Å². The van der Waals surface area contributed by atoms with Crippen LogP contribution in [-0.2, 0) is 5.41 Å². The van der Waals surface area contributed by atoms with Crippen molar-refractivity contribution in [2.45, 2.75) is 23.7 Å². The van der Waals surface area contributed by atoms with E-state index in [-0.39, 0.29) is 0 Å². The van der Waals surface area contributed by atoms with Crippen LogP contribution in [0.1, 0.15) is 15.9 Å². The van der Waals surface area contributed by atoms with Crippen LogP contribution in [0.3, 0.4) is 0 Å². The Morgan fingerprint density at radius 3 is 1.46 bits per heavy atom. The van der Waals surface area contributed by atoms with Gasteiger partial charge in [0.2, 0.25) is 5.41 Å². The standard InChI is InChI=1S/C11F12O/c12-3-1-2(4(13)6(15)5(3)14)8(7(1)24,10(18,19)20)9(16,17)11(21,22)23. The third kappa shape index (κ3) is 1.72. The van der Waals surface area contributed by atoms with Gasteiger partial charge in [-0.05, 0) is 0 Å². The van der Waals surface area contributed by atoms with Crippen molar-refractivity contribution in [1.29, 1.82) is 0 Å². The molecule has 1 unspecified atom stereocenters. The van der Waals surface area contributed by atoms with Crippen molar-refractivity contribution in [2.75, 3.05) is 0 Å². The Hall–Kier alpha value is -1.95.